The fourth-order valence-electron chi connectivity index (χ4n) is 7.22. The first-order valence-electron chi connectivity index (χ1n) is 14.0. The third kappa shape index (κ3) is 4.66. The smallest absolute Gasteiger partial charge is 0.146 e. The minimum absolute atomic E-state index is 0.608. The lowest BCUT2D eigenvalue weighted by Crippen LogP contribution is -2.43. The van der Waals surface area contributed by atoms with Crippen molar-refractivity contribution in [2.75, 3.05) is 0 Å². The SMILES string of the molecule is CC(C)[Si](C#Cc1cc2c(cc1C#C[Si](C(C)C)(C(C)C)C(C)C)-c1ncccc1-2)(C(C)C)C(C)C. The highest BCUT2D eigenvalue weighted by molar-refractivity contribution is 6.91. The highest BCUT2D eigenvalue weighted by atomic mass is 28.3. The number of pyridine rings is 1. The van der Waals surface area contributed by atoms with Crippen molar-refractivity contribution in [3.05, 3.63) is 41.6 Å². The molecule has 2 aromatic rings. The Morgan fingerprint density at radius 3 is 1.33 bits per heavy atom. The molecule has 192 valence electrons. The summed E-state index contributed by atoms with van der Waals surface area (Å²) in [5.41, 5.74) is 18.6. The average molecular weight is 514 g/mol. The highest BCUT2D eigenvalue weighted by Crippen LogP contribution is 2.47. The molecule has 1 nitrogen and oxygen atoms in total. The normalized spacial score (nSPS) is 12.9. The predicted molar refractivity (Wildman–Crippen MR) is 165 cm³/mol. The summed E-state index contributed by atoms with van der Waals surface area (Å²) >= 11 is 0. The monoisotopic (exact) mass is 513 g/mol. The second-order valence-corrected chi connectivity index (χ2v) is 23.8. The first-order chi connectivity index (χ1) is 16.8. The molecule has 0 unspecified atom stereocenters. The topological polar surface area (TPSA) is 12.9 Å². The van der Waals surface area contributed by atoms with Crippen molar-refractivity contribution in [3.8, 4) is 45.3 Å². The Bertz CT molecular complexity index is 1090. The Morgan fingerprint density at radius 2 is 0.944 bits per heavy atom. The number of hydrogen-bond acceptors (Lipinski definition) is 1. The Hall–Kier alpha value is -2.08. The summed E-state index contributed by atoms with van der Waals surface area (Å²) in [6.07, 6.45) is 1.89. The van der Waals surface area contributed by atoms with E-state index >= 15 is 0 Å². The van der Waals surface area contributed by atoms with E-state index in [-0.39, 0.29) is 0 Å². The molecule has 1 aromatic carbocycles. The molecule has 0 N–H and O–H groups in total. The lowest BCUT2D eigenvalue weighted by Gasteiger charge is -2.38. The van der Waals surface area contributed by atoms with Crippen LogP contribution in [0.1, 0.15) is 94.2 Å². The molecule has 0 saturated carbocycles. The van der Waals surface area contributed by atoms with E-state index < -0.39 is 16.1 Å². The molecule has 0 saturated heterocycles. The van der Waals surface area contributed by atoms with Crippen LogP contribution in [0.15, 0.2) is 30.5 Å². The molecule has 0 fully saturated rings. The van der Waals surface area contributed by atoms with E-state index in [0.29, 0.717) is 33.2 Å². The zero-order valence-corrected chi connectivity index (χ0v) is 26.8. The van der Waals surface area contributed by atoms with Gasteiger partial charge in [-0.2, -0.15) is 0 Å². The predicted octanol–water partition coefficient (Wildman–Crippen LogP) is 9.87. The summed E-state index contributed by atoms with van der Waals surface area (Å²) in [5, 5.41) is 0. The molecule has 0 atom stereocenters. The van der Waals surface area contributed by atoms with Crippen molar-refractivity contribution in [1.29, 1.82) is 0 Å². The van der Waals surface area contributed by atoms with Gasteiger partial charge in [-0.3, -0.25) is 4.98 Å². The van der Waals surface area contributed by atoms with Crippen LogP contribution in [-0.2, 0) is 0 Å². The van der Waals surface area contributed by atoms with Crippen LogP contribution in [-0.4, -0.2) is 21.1 Å². The second kappa shape index (κ2) is 10.7. The van der Waals surface area contributed by atoms with Crippen molar-refractivity contribution in [2.24, 2.45) is 0 Å². The maximum Gasteiger partial charge on any atom is 0.146 e. The summed E-state index contributed by atoms with van der Waals surface area (Å²) in [4.78, 5) is 4.66. The fourth-order valence-corrected chi connectivity index (χ4v) is 17.7. The Morgan fingerprint density at radius 1 is 0.556 bits per heavy atom. The second-order valence-electron chi connectivity index (χ2n) is 12.6. The zero-order chi connectivity index (χ0) is 27.0. The van der Waals surface area contributed by atoms with Crippen molar-refractivity contribution in [2.45, 2.75) is 116 Å². The zero-order valence-electron chi connectivity index (χ0n) is 24.8. The number of benzene rings is 1. The molecular weight excluding hydrogens is 467 g/mol. The summed E-state index contributed by atoms with van der Waals surface area (Å²) in [7, 11) is -3.69. The van der Waals surface area contributed by atoms with E-state index in [1.807, 2.05) is 12.3 Å². The van der Waals surface area contributed by atoms with Gasteiger partial charge in [-0.1, -0.05) is 101 Å². The molecule has 1 aliphatic carbocycles. The molecule has 36 heavy (non-hydrogen) atoms. The van der Waals surface area contributed by atoms with Gasteiger partial charge < -0.3 is 0 Å². The number of fused-ring (bicyclic) bond motifs is 4. The van der Waals surface area contributed by atoms with E-state index in [4.69, 9.17) is 0 Å². The van der Waals surface area contributed by atoms with E-state index in [2.05, 4.69) is 129 Å². The van der Waals surface area contributed by atoms with E-state index in [9.17, 15) is 0 Å². The van der Waals surface area contributed by atoms with Crippen LogP contribution < -0.4 is 0 Å². The first-order valence-corrected chi connectivity index (χ1v) is 18.5. The molecule has 0 bridgehead atoms. The van der Waals surface area contributed by atoms with Crippen LogP contribution in [0, 0.1) is 22.9 Å². The molecule has 1 aliphatic rings. The lowest BCUT2D eigenvalue weighted by molar-refractivity contribution is 0.838. The summed E-state index contributed by atoms with van der Waals surface area (Å²) in [5.74, 6) is 7.51. The third-order valence-corrected chi connectivity index (χ3v) is 21.7. The molecule has 0 spiro atoms. The molecule has 0 amide bonds. The first kappa shape index (κ1) is 28.5. The maximum atomic E-state index is 4.66. The third-order valence-electron chi connectivity index (χ3n) is 9.07. The van der Waals surface area contributed by atoms with Gasteiger partial charge in [0.2, 0.25) is 0 Å². The number of rotatable bonds is 6. The minimum atomic E-state index is -1.85. The largest absolute Gasteiger partial charge is 0.256 e. The van der Waals surface area contributed by atoms with Gasteiger partial charge >= 0.3 is 0 Å². The maximum absolute atomic E-state index is 4.66. The number of nitrogens with zero attached hydrogens (tertiary/aromatic N) is 1. The molecule has 0 radical (unpaired) electrons. The summed E-state index contributed by atoms with van der Waals surface area (Å²) in [6, 6.07) is 8.80. The van der Waals surface area contributed by atoms with E-state index in [1.54, 1.807) is 0 Å². The van der Waals surface area contributed by atoms with Gasteiger partial charge in [0.05, 0.1) is 5.69 Å². The van der Waals surface area contributed by atoms with Gasteiger partial charge in [-0.25, -0.2) is 0 Å². The Kier molecular flexibility index (Phi) is 8.49. The number of hydrogen-bond donors (Lipinski definition) is 0. The average Bonchev–Trinajstić information content (AvgIpc) is 2.77. The van der Waals surface area contributed by atoms with Gasteiger partial charge in [-0.15, -0.1) is 11.1 Å². The highest BCUT2D eigenvalue weighted by Gasteiger charge is 2.43. The van der Waals surface area contributed by atoms with Crippen LogP contribution in [0.2, 0.25) is 33.2 Å². The molecule has 3 rings (SSSR count). The van der Waals surface area contributed by atoms with Gasteiger partial charge in [0, 0.05) is 28.5 Å². The molecule has 1 aromatic heterocycles. The van der Waals surface area contributed by atoms with Crippen molar-refractivity contribution in [3.63, 3.8) is 0 Å². The van der Waals surface area contributed by atoms with Crippen LogP contribution in [0.25, 0.3) is 22.4 Å². The van der Waals surface area contributed by atoms with Crippen molar-refractivity contribution < 1.29 is 0 Å². The van der Waals surface area contributed by atoms with Gasteiger partial charge in [0.15, 0.2) is 0 Å². The molecule has 3 heteroatoms. The van der Waals surface area contributed by atoms with Crippen LogP contribution >= 0.6 is 0 Å². The molecular formula is C33H47NSi2. The standard InChI is InChI=1S/C33H47NSi2/c1-22(2)35(23(3)4,24(5)6)18-15-28-20-31-30-14-13-17-34-33(30)32(31)21-29(28)16-19-36(25(7)8,26(9)10)27(11)12/h13-14,17,20-27H,1-12H3. The van der Waals surface area contributed by atoms with Crippen LogP contribution in [0.4, 0.5) is 0 Å². The van der Waals surface area contributed by atoms with Crippen molar-refractivity contribution in [1.82, 2.24) is 4.98 Å². The minimum Gasteiger partial charge on any atom is -0.256 e. The van der Waals surface area contributed by atoms with Crippen LogP contribution in [0.3, 0.4) is 0 Å². The quantitative estimate of drug-likeness (QED) is 0.236. The molecule has 0 aliphatic heterocycles. The Labute approximate surface area is 223 Å². The summed E-state index contributed by atoms with van der Waals surface area (Å²) in [6.45, 7) is 28.6. The van der Waals surface area contributed by atoms with Crippen LogP contribution in [0.5, 0.6) is 0 Å². The molecule has 1 heterocycles. The number of aromatic nitrogens is 1. The van der Waals surface area contributed by atoms with E-state index in [0.717, 1.165) is 16.8 Å². The van der Waals surface area contributed by atoms with Gasteiger partial charge in [-0.05, 0) is 57.0 Å². The van der Waals surface area contributed by atoms with Gasteiger partial charge in [0.1, 0.15) is 16.1 Å². The summed E-state index contributed by atoms with van der Waals surface area (Å²) < 4.78 is 0. The van der Waals surface area contributed by atoms with E-state index in [1.165, 1.54) is 16.7 Å². The Balaban J connectivity index is 2.27. The van der Waals surface area contributed by atoms with Crippen molar-refractivity contribution >= 4 is 16.1 Å². The van der Waals surface area contributed by atoms with Gasteiger partial charge in [0.25, 0.3) is 0 Å². The fraction of sp³-hybridized carbons (Fsp3) is 0.545. The lowest BCUT2D eigenvalue weighted by atomic mass is 9.82.